The number of amides is 1. The van der Waals surface area contributed by atoms with Gasteiger partial charge in [-0.1, -0.05) is 0 Å². The van der Waals surface area contributed by atoms with Crippen LogP contribution in [0.3, 0.4) is 0 Å². The van der Waals surface area contributed by atoms with E-state index in [1.54, 1.807) is 0 Å². The summed E-state index contributed by atoms with van der Waals surface area (Å²) in [6, 6.07) is 0. The molecule has 1 saturated heterocycles. The molecule has 1 rings (SSSR count). The summed E-state index contributed by atoms with van der Waals surface area (Å²) in [6.45, 7) is 3.87. The fourth-order valence-electron chi connectivity index (χ4n) is 1.41. The molecule has 3 N–H and O–H groups in total. The molecule has 0 aliphatic carbocycles. The molecular weight excluding hydrogens is 200 g/mol. The maximum atomic E-state index is 11.4. The first-order valence-electron chi connectivity index (χ1n) is 4.84. The number of carbonyl (C=O) groups is 1. The average Bonchev–Trinajstić information content (AvgIpc) is 2.59. The minimum Gasteiger partial charge on any atom is -0.391 e. The van der Waals surface area contributed by atoms with Gasteiger partial charge in [0.1, 0.15) is 0 Å². The number of aliphatic hydroxyl groups is 1. The number of nitrogens with one attached hydrogen (secondary N) is 2. The molecular formula is C9H18N2O2S. The summed E-state index contributed by atoms with van der Waals surface area (Å²) < 4.78 is 0. The molecule has 3 unspecified atom stereocenters. The van der Waals surface area contributed by atoms with E-state index < -0.39 is 0 Å². The summed E-state index contributed by atoms with van der Waals surface area (Å²) in [5.41, 5.74) is 0. The molecule has 0 aromatic heterocycles. The van der Waals surface area contributed by atoms with Gasteiger partial charge < -0.3 is 15.7 Å². The Hall–Kier alpha value is -0.260. The van der Waals surface area contributed by atoms with Gasteiger partial charge in [0.2, 0.25) is 5.91 Å². The molecule has 0 saturated carbocycles. The van der Waals surface area contributed by atoms with Crippen molar-refractivity contribution in [3.05, 3.63) is 0 Å². The SMILES string of the molecule is CSC(C)C(=O)NCC1CNCC1O. The second-order valence-corrected chi connectivity index (χ2v) is 4.79. The maximum Gasteiger partial charge on any atom is 0.232 e. The first-order chi connectivity index (χ1) is 6.65. The third-order valence-corrected chi connectivity index (χ3v) is 3.49. The van der Waals surface area contributed by atoms with Crippen molar-refractivity contribution in [3.63, 3.8) is 0 Å². The molecule has 5 heteroatoms. The number of hydrogen-bond acceptors (Lipinski definition) is 4. The second-order valence-electron chi connectivity index (χ2n) is 3.61. The Morgan fingerprint density at radius 1 is 1.71 bits per heavy atom. The van der Waals surface area contributed by atoms with Crippen molar-refractivity contribution in [2.24, 2.45) is 5.92 Å². The number of β-amino-alcohol motifs (C(OH)–C–C–N with tert-alkyl or cyclic N) is 1. The summed E-state index contributed by atoms with van der Waals surface area (Å²) in [6.07, 6.45) is 1.59. The molecule has 0 bridgehead atoms. The lowest BCUT2D eigenvalue weighted by Gasteiger charge is -2.15. The predicted octanol–water partition coefficient (Wildman–Crippen LogP) is -0.566. The maximum absolute atomic E-state index is 11.4. The van der Waals surface area contributed by atoms with Crippen LogP contribution in [0, 0.1) is 5.92 Å². The van der Waals surface area contributed by atoms with Crippen molar-refractivity contribution in [1.82, 2.24) is 10.6 Å². The quantitative estimate of drug-likeness (QED) is 0.592. The summed E-state index contributed by atoms with van der Waals surface area (Å²) in [4.78, 5) is 11.4. The number of thioether (sulfide) groups is 1. The van der Waals surface area contributed by atoms with Crippen LogP contribution in [0.2, 0.25) is 0 Å². The van der Waals surface area contributed by atoms with Crippen LogP contribution >= 0.6 is 11.8 Å². The van der Waals surface area contributed by atoms with E-state index in [1.165, 1.54) is 11.8 Å². The lowest BCUT2D eigenvalue weighted by atomic mass is 10.1. The van der Waals surface area contributed by atoms with Crippen LogP contribution in [0.25, 0.3) is 0 Å². The molecule has 1 amide bonds. The predicted molar refractivity (Wildman–Crippen MR) is 58.4 cm³/mol. The Bertz CT molecular complexity index is 201. The standard InChI is InChI=1S/C9H18N2O2S/c1-6(14-2)9(13)11-4-7-3-10-5-8(7)12/h6-8,10,12H,3-5H2,1-2H3,(H,11,13). The summed E-state index contributed by atoms with van der Waals surface area (Å²) in [5, 5.41) is 15.4. The zero-order valence-corrected chi connectivity index (χ0v) is 9.43. The van der Waals surface area contributed by atoms with Crippen molar-refractivity contribution in [1.29, 1.82) is 0 Å². The zero-order valence-electron chi connectivity index (χ0n) is 8.62. The van der Waals surface area contributed by atoms with Gasteiger partial charge in [0.15, 0.2) is 0 Å². The highest BCUT2D eigenvalue weighted by molar-refractivity contribution is 7.99. The smallest absolute Gasteiger partial charge is 0.232 e. The first kappa shape index (κ1) is 11.8. The van der Waals surface area contributed by atoms with Crippen molar-refractivity contribution >= 4 is 17.7 Å². The van der Waals surface area contributed by atoms with Crippen LogP contribution in [-0.4, -0.2) is 48.3 Å². The highest BCUT2D eigenvalue weighted by Gasteiger charge is 2.25. The van der Waals surface area contributed by atoms with E-state index in [1.807, 2.05) is 13.2 Å². The number of hydrogen-bond donors (Lipinski definition) is 3. The molecule has 14 heavy (non-hydrogen) atoms. The van der Waals surface area contributed by atoms with E-state index in [0.717, 1.165) is 6.54 Å². The minimum absolute atomic E-state index is 0.0125. The van der Waals surface area contributed by atoms with Gasteiger partial charge in [-0.2, -0.15) is 11.8 Å². The molecule has 1 fully saturated rings. The van der Waals surface area contributed by atoms with Crippen molar-refractivity contribution < 1.29 is 9.90 Å². The molecule has 1 heterocycles. The van der Waals surface area contributed by atoms with Crippen LogP contribution in [-0.2, 0) is 4.79 Å². The lowest BCUT2D eigenvalue weighted by molar-refractivity contribution is -0.120. The fraction of sp³-hybridized carbons (Fsp3) is 0.889. The van der Waals surface area contributed by atoms with Crippen LogP contribution in [0.4, 0.5) is 0 Å². The average molecular weight is 218 g/mol. The second kappa shape index (κ2) is 5.58. The monoisotopic (exact) mass is 218 g/mol. The third kappa shape index (κ3) is 3.15. The molecule has 0 aromatic carbocycles. The van der Waals surface area contributed by atoms with Crippen molar-refractivity contribution in [2.45, 2.75) is 18.3 Å². The van der Waals surface area contributed by atoms with Crippen molar-refractivity contribution in [2.75, 3.05) is 25.9 Å². The van der Waals surface area contributed by atoms with Gasteiger partial charge in [-0.25, -0.2) is 0 Å². The van der Waals surface area contributed by atoms with E-state index >= 15 is 0 Å². The molecule has 0 aromatic rings. The number of carbonyl (C=O) groups excluding carboxylic acids is 1. The van der Waals surface area contributed by atoms with Gasteiger partial charge in [0, 0.05) is 25.6 Å². The molecule has 1 aliphatic rings. The Morgan fingerprint density at radius 2 is 2.43 bits per heavy atom. The molecule has 1 aliphatic heterocycles. The van der Waals surface area contributed by atoms with Gasteiger partial charge in [-0.05, 0) is 13.2 Å². The van der Waals surface area contributed by atoms with E-state index in [4.69, 9.17) is 0 Å². The molecule has 82 valence electrons. The zero-order chi connectivity index (χ0) is 10.6. The number of rotatable bonds is 4. The Labute approximate surface area is 88.8 Å². The molecule has 3 atom stereocenters. The van der Waals surface area contributed by atoms with Gasteiger partial charge in [-0.15, -0.1) is 0 Å². The fourth-order valence-corrected chi connectivity index (χ4v) is 1.71. The Morgan fingerprint density at radius 3 is 2.93 bits per heavy atom. The topological polar surface area (TPSA) is 61.4 Å². The normalized spacial score (nSPS) is 28.8. The van der Waals surface area contributed by atoms with Crippen LogP contribution in [0.5, 0.6) is 0 Å². The van der Waals surface area contributed by atoms with E-state index in [0.29, 0.717) is 13.1 Å². The van der Waals surface area contributed by atoms with E-state index in [9.17, 15) is 9.90 Å². The lowest BCUT2D eigenvalue weighted by Crippen LogP contribution is -2.37. The summed E-state index contributed by atoms with van der Waals surface area (Å²) in [5.74, 6) is 0.213. The van der Waals surface area contributed by atoms with Crippen LogP contribution < -0.4 is 10.6 Å². The molecule has 4 nitrogen and oxygen atoms in total. The minimum atomic E-state index is -0.320. The van der Waals surface area contributed by atoms with Crippen molar-refractivity contribution in [3.8, 4) is 0 Å². The van der Waals surface area contributed by atoms with E-state index in [-0.39, 0.29) is 23.2 Å². The third-order valence-electron chi connectivity index (χ3n) is 2.57. The van der Waals surface area contributed by atoms with Gasteiger partial charge >= 0.3 is 0 Å². The van der Waals surface area contributed by atoms with Gasteiger partial charge in [0.25, 0.3) is 0 Å². The van der Waals surface area contributed by atoms with E-state index in [2.05, 4.69) is 10.6 Å². The highest BCUT2D eigenvalue weighted by Crippen LogP contribution is 2.08. The largest absolute Gasteiger partial charge is 0.391 e. The number of aliphatic hydroxyl groups excluding tert-OH is 1. The molecule has 0 radical (unpaired) electrons. The Balaban J connectivity index is 2.22. The van der Waals surface area contributed by atoms with Gasteiger partial charge in [-0.3, -0.25) is 4.79 Å². The molecule has 0 spiro atoms. The van der Waals surface area contributed by atoms with Crippen LogP contribution in [0.15, 0.2) is 0 Å². The highest BCUT2D eigenvalue weighted by atomic mass is 32.2. The summed E-state index contributed by atoms with van der Waals surface area (Å²) in [7, 11) is 0. The van der Waals surface area contributed by atoms with Crippen LogP contribution in [0.1, 0.15) is 6.92 Å². The summed E-state index contributed by atoms with van der Waals surface area (Å²) >= 11 is 1.53. The first-order valence-corrected chi connectivity index (χ1v) is 6.13. The Kier molecular flexibility index (Phi) is 4.71. The van der Waals surface area contributed by atoms with Gasteiger partial charge in [0.05, 0.1) is 11.4 Å².